The zero-order valence-electron chi connectivity index (χ0n) is 27.7. The van der Waals surface area contributed by atoms with E-state index in [1.54, 1.807) is 0 Å². The fourth-order valence-electron chi connectivity index (χ4n) is 3.21. The van der Waals surface area contributed by atoms with Crippen LogP contribution in [0.5, 0.6) is 0 Å². The third kappa shape index (κ3) is 38.6. The summed E-state index contributed by atoms with van der Waals surface area (Å²) < 4.78 is 59.5. The fraction of sp³-hybridized carbons (Fsp3) is 0.935. The maximum atomic E-state index is 11.5. The van der Waals surface area contributed by atoms with Gasteiger partial charge in [-0.3, -0.25) is 9.59 Å². The Balaban J connectivity index is 3.10. The molecule has 0 saturated heterocycles. The van der Waals surface area contributed by atoms with Crippen LogP contribution in [0.1, 0.15) is 46.0 Å². The molecule has 0 heterocycles. The second-order valence-electron chi connectivity index (χ2n) is 9.92. The van der Waals surface area contributed by atoms with Crippen LogP contribution in [0.25, 0.3) is 0 Å². The van der Waals surface area contributed by atoms with Crippen LogP contribution in [-0.2, 0) is 61.7 Å². The molecule has 0 saturated carbocycles. The molecule has 1 unspecified atom stereocenters. The number of carboxylic acid groups (broad SMARTS) is 1. The average Bonchev–Trinajstić information content (AvgIpc) is 3.03. The van der Waals surface area contributed by atoms with Crippen LogP contribution in [0.3, 0.4) is 0 Å². The van der Waals surface area contributed by atoms with E-state index >= 15 is 0 Å². The molecule has 0 aliphatic heterocycles. The Kier molecular flexibility index (Phi) is 35.8. The average molecular weight is 657 g/mol. The molecule has 0 bridgehead atoms. The number of ether oxygens (including phenoxy) is 11. The molecule has 14 heteroatoms. The van der Waals surface area contributed by atoms with E-state index in [0.29, 0.717) is 138 Å². The molecule has 0 aliphatic rings. The van der Waals surface area contributed by atoms with Crippen LogP contribution in [-0.4, -0.2) is 156 Å². The Morgan fingerprint density at radius 3 is 1.07 bits per heavy atom. The smallest absolute Gasteiger partial charge is 0.305 e. The third-order valence-electron chi connectivity index (χ3n) is 5.96. The molecule has 0 aromatic carbocycles. The second-order valence-corrected chi connectivity index (χ2v) is 9.92. The van der Waals surface area contributed by atoms with Crippen LogP contribution in [0.15, 0.2) is 0 Å². The first-order valence-electron chi connectivity index (χ1n) is 16.2. The van der Waals surface area contributed by atoms with Crippen molar-refractivity contribution >= 4 is 11.9 Å². The van der Waals surface area contributed by atoms with E-state index in [9.17, 15) is 9.59 Å². The first-order valence-corrected chi connectivity index (χ1v) is 16.2. The summed E-state index contributed by atoms with van der Waals surface area (Å²) in [4.78, 5) is 21.9. The van der Waals surface area contributed by atoms with Gasteiger partial charge in [0.2, 0.25) is 0 Å². The van der Waals surface area contributed by atoms with Crippen LogP contribution < -0.4 is 0 Å². The quantitative estimate of drug-likeness (QED) is 0.0763. The van der Waals surface area contributed by atoms with Crippen LogP contribution in [0, 0.1) is 5.92 Å². The Bertz CT molecular complexity index is 625. The first kappa shape index (κ1) is 43.5. The summed E-state index contributed by atoms with van der Waals surface area (Å²) in [5, 5.41) is 8.54. The van der Waals surface area contributed by atoms with Crippen molar-refractivity contribution in [2.24, 2.45) is 5.92 Å². The van der Waals surface area contributed by atoms with Crippen molar-refractivity contribution in [2.75, 3.05) is 139 Å². The Hall–Kier alpha value is -1.46. The van der Waals surface area contributed by atoms with Gasteiger partial charge in [0, 0.05) is 19.4 Å². The number of hydrogen-bond acceptors (Lipinski definition) is 13. The molecule has 0 aliphatic carbocycles. The van der Waals surface area contributed by atoms with Crippen LogP contribution in [0.2, 0.25) is 0 Å². The van der Waals surface area contributed by atoms with Crippen molar-refractivity contribution in [3.05, 3.63) is 0 Å². The Labute approximate surface area is 269 Å². The van der Waals surface area contributed by atoms with Crippen molar-refractivity contribution in [3.8, 4) is 0 Å². The highest BCUT2D eigenvalue weighted by atomic mass is 16.6. The van der Waals surface area contributed by atoms with E-state index < -0.39 is 5.97 Å². The number of rotatable bonds is 38. The lowest BCUT2D eigenvalue weighted by atomic mass is 10.1. The Morgan fingerprint density at radius 2 is 0.756 bits per heavy atom. The van der Waals surface area contributed by atoms with Gasteiger partial charge < -0.3 is 57.2 Å². The maximum Gasteiger partial charge on any atom is 0.305 e. The summed E-state index contributed by atoms with van der Waals surface area (Å²) in [6.45, 7) is 14.5. The lowest BCUT2D eigenvalue weighted by molar-refractivity contribution is -0.146. The van der Waals surface area contributed by atoms with Gasteiger partial charge in [0.25, 0.3) is 0 Å². The largest absolute Gasteiger partial charge is 0.481 e. The maximum absolute atomic E-state index is 11.5. The van der Waals surface area contributed by atoms with E-state index in [0.717, 1.165) is 13.0 Å². The molecule has 0 aromatic rings. The predicted molar refractivity (Wildman–Crippen MR) is 165 cm³/mol. The minimum absolute atomic E-state index is 0.0617. The van der Waals surface area contributed by atoms with Gasteiger partial charge in [0.15, 0.2) is 0 Å². The lowest BCUT2D eigenvalue weighted by Crippen LogP contribution is -2.15. The third-order valence-corrected chi connectivity index (χ3v) is 5.96. The molecule has 45 heavy (non-hydrogen) atoms. The van der Waals surface area contributed by atoms with E-state index in [-0.39, 0.29) is 32.0 Å². The van der Waals surface area contributed by atoms with Crippen LogP contribution in [0.4, 0.5) is 0 Å². The number of esters is 1. The van der Waals surface area contributed by atoms with Crippen molar-refractivity contribution in [3.63, 3.8) is 0 Å². The molecule has 0 spiro atoms. The molecule has 0 radical (unpaired) electrons. The summed E-state index contributed by atoms with van der Waals surface area (Å²) in [6, 6.07) is 0. The number of carbonyl (C=O) groups excluding carboxylic acids is 1. The van der Waals surface area contributed by atoms with Crippen LogP contribution >= 0.6 is 0 Å². The number of carboxylic acids is 1. The summed E-state index contributed by atoms with van der Waals surface area (Å²) in [5.74, 6) is -0.617. The van der Waals surface area contributed by atoms with Gasteiger partial charge in [-0.05, 0) is 18.8 Å². The zero-order chi connectivity index (χ0) is 32.9. The van der Waals surface area contributed by atoms with Gasteiger partial charge in [0.1, 0.15) is 6.61 Å². The SMILES string of the molecule is CCC(C)COCCOCCOCCOCCOCCOCCOCCOCCOCCOCCOC(=O)CCCCC(=O)O. The van der Waals surface area contributed by atoms with Gasteiger partial charge >= 0.3 is 11.9 Å². The Morgan fingerprint density at radius 1 is 0.467 bits per heavy atom. The minimum Gasteiger partial charge on any atom is -0.481 e. The summed E-state index contributed by atoms with van der Waals surface area (Å²) >= 11 is 0. The highest BCUT2D eigenvalue weighted by Crippen LogP contribution is 2.01. The first-order chi connectivity index (χ1) is 22.1. The van der Waals surface area contributed by atoms with Gasteiger partial charge in [-0.25, -0.2) is 0 Å². The molecule has 0 fully saturated rings. The molecule has 0 rings (SSSR count). The monoisotopic (exact) mass is 656 g/mol. The minimum atomic E-state index is -0.862. The second kappa shape index (κ2) is 37.0. The van der Waals surface area contributed by atoms with Crippen molar-refractivity contribution in [2.45, 2.75) is 46.0 Å². The standard InChI is InChI=1S/C31H60O14/c1-3-29(2)28-44-25-24-42-21-20-40-17-16-38-13-12-36-9-8-35-10-11-37-14-15-39-18-19-41-22-23-43-26-27-45-31(34)7-5-4-6-30(32)33/h29H,3-28H2,1-2H3,(H,32,33). The number of aliphatic carboxylic acids is 1. The molecule has 1 atom stereocenters. The molecular formula is C31H60O14. The van der Waals surface area contributed by atoms with Crippen molar-refractivity contribution in [1.29, 1.82) is 0 Å². The zero-order valence-corrected chi connectivity index (χ0v) is 27.7. The molecule has 14 nitrogen and oxygen atoms in total. The molecule has 0 amide bonds. The topological polar surface area (TPSA) is 156 Å². The van der Waals surface area contributed by atoms with Crippen molar-refractivity contribution in [1.82, 2.24) is 0 Å². The van der Waals surface area contributed by atoms with Crippen molar-refractivity contribution < 1.29 is 66.8 Å². The summed E-state index contributed by atoms with van der Waals surface area (Å²) in [7, 11) is 0. The molecule has 268 valence electrons. The number of carbonyl (C=O) groups is 2. The number of unbranched alkanes of at least 4 members (excludes halogenated alkanes) is 1. The van der Waals surface area contributed by atoms with E-state index in [1.165, 1.54) is 0 Å². The van der Waals surface area contributed by atoms with E-state index in [2.05, 4.69) is 13.8 Å². The molecule has 1 N–H and O–H groups in total. The van der Waals surface area contributed by atoms with Gasteiger partial charge in [-0.1, -0.05) is 20.3 Å². The van der Waals surface area contributed by atoms with Gasteiger partial charge in [0.05, 0.1) is 126 Å². The predicted octanol–water partition coefficient (Wildman–Crippen LogP) is 2.39. The molecule has 0 aromatic heterocycles. The highest BCUT2D eigenvalue weighted by molar-refractivity contribution is 5.69. The summed E-state index contributed by atoms with van der Waals surface area (Å²) in [5.41, 5.74) is 0. The van der Waals surface area contributed by atoms with Gasteiger partial charge in [-0.15, -0.1) is 0 Å². The summed E-state index contributed by atoms with van der Waals surface area (Å²) in [6.07, 6.45) is 2.37. The van der Waals surface area contributed by atoms with E-state index in [1.807, 2.05) is 0 Å². The normalized spacial score (nSPS) is 12.0. The molecular weight excluding hydrogens is 596 g/mol. The van der Waals surface area contributed by atoms with E-state index in [4.69, 9.17) is 57.2 Å². The highest BCUT2D eigenvalue weighted by Gasteiger charge is 2.04. The lowest BCUT2D eigenvalue weighted by Gasteiger charge is -2.10. The van der Waals surface area contributed by atoms with Gasteiger partial charge in [-0.2, -0.15) is 0 Å². The fourth-order valence-corrected chi connectivity index (χ4v) is 3.21. The number of hydrogen-bond donors (Lipinski definition) is 1.